The summed E-state index contributed by atoms with van der Waals surface area (Å²) in [6.45, 7) is 2.27. The lowest BCUT2D eigenvalue weighted by Gasteiger charge is -2.09. The predicted molar refractivity (Wildman–Crippen MR) is 142 cm³/mol. The van der Waals surface area contributed by atoms with Gasteiger partial charge in [-0.3, -0.25) is 19.0 Å². The number of rotatable bonds is 8. The lowest BCUT2D eigenvalue weighted by Crippen LogP contribution is -2.35. The minimum absolute atomic E-state index is 0.0440. The van der Waals surface area contributed by atoms with Gasteiger partial charge in [0.2, 0.25) is 5.91 Å². The number of aromatic hydroxyl groups is 1. The molecule has 4 rings (SSSR count). The first kappa shape index (κ1) is 25.8. The molecule has 190 valence electrons. The molecule has 0 aliphatic heterocycles. The molecule has 0 aliphatic rings. The van der Waals surface area contributed by atoms with Crippen LogP contribution in [0.3, 0.4) is 0 Å². The van der Waals surface area contributed by atoms with Crippen LogP contribution >= 0.6 is 11.6 Å². The molecule has 2 amide bonds. The Morgan fingerprint density at radius 3 is 2.24 bits per heavy atom. The van der Waals surface area contributed by atoms with Crippen LogP contribution in [0.25, 0.3) is 10.9 Å². The number of hydrogen-bond donors (Lipinski definition) is 3. The molecule has 1 heterocycles. The van der Waals surface area contributed by atoms with E-state index < -0.39 is 0 Å². The summed E-state index contributed by atoms with van der Waals surface area (Å²) in [6.07, 6.45) is 0.0440. The molecule has 0 unspecified atom stereocenters. The number of amides is 2. The van der Waals surface area contributed by atoms with Crippen molar-refractivity contribution in [1.29, 1.82) is 0 Å². The van der Waals surface area contributed by atoms with Crippen molar-refractivity contribution in [3.8, 4) is 11.5 Å². The van der Waals surface area contributed by atoms with Crippen molar-refractivity contribution < 1.29 is 24.2 Å². The quantitative estimate of drug-likeness (QED) is 0.304. The van der Waals surface area contributed by atoms with Crippen LogP contribution in [-0.2, 0) is 11.2 Å². The number of aromatic nitrogens is 1. The van der Waals surface area contributed by atoms with Gasteiger partial charge in [0.05, 0.1) is 19.0 Å². The van der Waals surface area contributed by atoms with Crippen molar-refractivity contribution in [2.45, 2.75) is 13.3 Å². The Labute approximate surface area is 218 Å². The number of carbonyl (C=O) groups is 3. The molecule has 0 saturated carbocycles. The summed E-state index contributed by atoms with van der Waals surface area (Å²) >= 11 is 5.98. The smallest absolute Gasteiger partial charge is 0.262 e. The Morgan fingerprint density at radius 1 is 0.919 bits per heavy atom. The van der Waals surface area contributed by atoms with Gasteiger partial charge in [0, 0.05) is 40.3 Å². The number of ether oxygens (including phenoxy) is 1. The number of halogens is 1. The van der Waals surface area contributed by atoms with E-state index in [1.54, 1.807) is 55.0 Å². The fourth-order valence-electron chi connectivity index (χ4n) is 4.11. The van der Waals surface area contributed by atoms with Gasteiger partial charge in [0.1, 0.15) is 11.5 Å². The third-order valence-corrected chi connectivity index (χ3v) is 6.29. The number of phenolic OH excluding ortho intramolecular Hbond substituents is 1. The minimum atomic E-state index is -0.305. The minimum Gasteiger partial charge on any atom is -0.508 e. The summed E-state index contributed by atoms with van der Waals surface area (Å²) < 4.78 is 6.97. The van der Waals surface area contributed by atoms with Gasteiger partial charge in [-0.25, -0.2) is 0 Å². The molecule has 4 aromatic rings. The molecular weight excluding hydrogens is 494 g/mol. The normalized spacial score (nSPS) is 10.8. The van der Waals surface area contributed by atoms with Crippen molar-refractivity contribution in [2.75, 3.05) is 20.2 Å². The van der Waals surface area contributed by atoms with Gasteiger partial charge in [0.25, 0.3) is 11.8 Å². The van der Waals surface area contributed by atoms with E-state index >= 15 is 0 Å². The van der Waals surface area contributed by atoms with E-state index in [1.165, 1.54) is 24.3 Å². The number of nitrogens with one attached hydrogen (secondary N) is 2. The van der Waals surface area contributed by atoms with Crippen LogP contribution in [-0.4, -0.2) is 47.6 Å². The Balaban J connectivity index is 1.49. The zero-order chi connectivity index (χ0) is 26.5. The van der Waals surface area contributed by atoms with Crippen LogP contribution in [0, 0.1) is 6.92 Å². The second kappa shape index (κ2) is 11.2. The van der Waals surface area contributed by atoms with Crippen molar-refractivity contribution >= 4 is 40.2 Å². The van der Waals surface area contributed by atoms with Crippen molar-refractivity contribution in [3.63, 3.8) is 0 Å². The van der Waals surface area contributed by atoms with Gasteiger partial charge in [-0.15, -0.1) is 0 Å². The van der Waals surface area contributed by atoms with Crippen LogP contribution in [0.4, 0.5) is 0 Å². The number of hydrogen-bond acceptors (Lipinski definition) is 5. The first-order valence-electron chi connectivity index (χ1n) is 11.6. The lowest BCUT2D eigenvalue weighted by atomic mass is 10.1. The van der Waals surface area contributed by atoms with E-state index in [-0.39, 0.29) is 43.0 Å². The largest absolute Gasteiger partial charge is 0.508 e. The molecule has 0 radical (unpaired) electrons. The highest BCUT2D eigenvalue weighted by atomic mass is 35.5. The van der Waals surface area contributed by atoms with Crippen LogP contribution < -0.4 is 15.4 Å². The Bertz CT molecular complexity index is 1460. The molecule has 0 aliphatic carbocycles. The van der Waals surface area contributed by atoms with Crippen LogP contribution in [0.1, 0.15) is 32.0 Å². The third-order valence-electron chi connectivity index (χ3n) is 6.04. The summed E-state index contributed by atoms with van der Waals surface area (Å²) in [5.74, 6) is -0.0909. The molecule has 0 fully saturated rings. The zero-order valence-electron chi connectivity index (χ0n) is 20.4. The number of nitrogens with zero attached hydrogens (tertiary/aromatic N) is 1. The summed E-state index contributed by atoms with van der Waals surface area (Å²) in [6, 6.07) is 17.9. The molecule has 0 spiro atoms. The standard InChI is InChI=1S/C28H26ClN3O5/c1-17-23(16-26(34)30-13-14-31-27(35)18-5-9-21(33)10-6-18)24-15-22(37-2)11-12-25(24)32(17)28(36)19-3-7-20(29)8-4-19/h3-12,15,33H,13-14,16H2,1-2H3,(H,30,34)(H,31,35). The Hall–Kier alpha value is -4.30. The van der Waals surface area contributed by atoms with Gasteiger partial charge < -0.3 is 20.5 Å². The van der Waals surface area contributed by atoms with E-state index in [4.69, 9.17) is 16.3 Å². The van der Waals surface area contributed by atoms with Crippen molar-refractivity contribution in [2.24, 2.45) is 0 Å². The van der Waals surface area contributed by atoms with Gasteiger partial charge >= 0.3 is 0 Å². The Kier molecular flexibility index (Phi) is 7.79. The first-order valence-corrected chi connectivity index (χ1v) is 12.0. The third kappa shape index (κ3) is 5.76. The SMILES string of the molecule is COc1ccc2c(c1)c(CC(=O)NCCNC(=O)c1ccc(O)cc1)c(C)n2C(=O)c1ccc(Cl)cc1. The monoisotopic (exact) mass is 519 g/mol. The lowest BCUT2D eigenvalue weighted by molar-refractivity contribution is -0.120. The van der Waals surface area contributed by atoms with Gasteiger partial charge in [0.15, 0.2) is 0 Å². The molecule has 0 saturated heterocycles. The van der Waals surface area contributed by atoms with Gasteiger partial charge in [-0.05, 0) is 79.2 Å². The highest BCUT2D eigenvalue weighted by molar-refractivity contribution is 6.30. The second-order valence-corrected chi connectivity index (χ2v) is 8.86. The molecule has 37 heavy (non-hydrogen) atoms. The van der Waals surface area contributed by atoms with Crippen LogP contribution in [0.5, 0.6) is 11.5 Å². The van der Waals surface area contributed by atoms with Gasteiger partial charge in [-0.2, -0.15) is 0 Å². The summed E-state index contributed by atoms with van der Waals surface area (Å²) in [5.41, 5.74) is 2.91. The molecule has 0 atom stereocenters. The summed E-state index contributed by atoms with van der Waals surface area (Å²) in [5, 5.41) is 16.2. The zero-order valence-corrected chi connectivity index (χ0v) is 21.1. The highest BCUT2D eigenvalue weighted by Crippen LogP contribution is 2.31. The highest BCUT2D eigenvalue weighted by Gasteiger charge is 2.22. The summed E-state index contributed by atoms with van der Waals surface area (Å²) in [4.78, 5) is 38.4. The topological polar surface area (TPSA) is 110 Å². The Morgan fingerprint density at radius 2 is 1.57 bits per heavy atom. The number of benzene rings is 3. The van der Waals surface area contributed by atoms with E-state index in [9.17, 15) is 19.5 Å². The van der Waals surface area contributed by atoms with Crippen LogP contribution in [0.2, 0.25) is 5.02 Å². The average Bonchev–Trinajstić information content (AvgIpc) is 3.17. The van der Waals surface area contributed by atoms with Gasteiger partial charge in [-0.1, -0.05) is 11.6 Å². The summed E-state index contributed by atoms with van der Waals surface area (Å²) in [7, 11) is 1.56. The van der Waals surface area contributed by atoms with Crippen molar-refractivity contribution in [1.82, 2.24) is 15.2 Å². The second-order valence-electron chi connectivity index (χ2n) is 8.42. The van der Waals surface area contributed by atoms with E-state index in [2.05, 4.69) is 10.6 Å². The van der Waals surface area contributed by atoms with E-state index in [0.717, 1.165) is 5.39 Å². The maximum atomic E-state index is 13.4. The molecule has 8 nitrogen and oxygen atoms in total. The molecule has 1 aromatic heterocycles. The molecule has 3 N–H and O–H groups in total. The molecule has 9 heteroatoms. The fourth-order valence-corrected chi connectivity index (χ4v) is 4.24. The number of fused-ring (bicyclic) bond motifs is 1. The van der Waals surface area contributed by atoms with E-state index in [1.807, 2.05) is 6.07 Å². The predicted octanol–water partition coefficient (Wildman–Crippen LogP) is 4.09. The molecule has 0 bridgehead atoms. The number of carbonyl (C=O) groups excluding carboxylic acids is 3. The number of phenols is 1. The van der Waals surface area contributed by atoms with Crippen molar-refractivity contribution in [3.05, 3.63) is 94.1 Å². The van der Waals surface area contributed by atoms with E-state index in [0.29, 0.717) is 38.7 Å². The average molecular weight is 520 g/mol. The molecular formula is C28H26ClN3O5. The van der Waals surface area contributed by atoms with Crippen LogP contribution in [0.15, 0.2) is 66.7 Å². The first-order chi connectivity index (χ1) is 17.8. The molecule has 3 aromatic carbocycles. The maximum absolute atomic E-state index is 13.4. The number of methoxy groups -OCH3 is 1. The fraction of sp³-hybridized carbons (Fsp3) is 0.179. The maximum Gasteiger partial charge on any atom is 0.262 e.